The largest absolute Gasteiger partial charge is 0.399 e. The molecule has 0 aromatic heterocycles. The summed E-state index contributed by atoms with van der Waals surface area (Å²) in [5.74, 6) is 0. The van der Waals surface area contributed by atoms with Gasteiger partial charge >= 0.3 is 0 Å². The first-order valence-electron chi connectivity index (χ1n) is 5.25. The third-order valence-corrected chi connectivity index (χ3v) is 3.59. The van der Waals surface area contributed by atoms with E-state index in [0.717, 1.165) is 17.8 Å². The average molecular weight is 190 g/mol. The molecule has 0 saturated heterocycles. The van der Waals surface area contributed by atoms with Crippen LogP contribution < -0.4 is 11.5 Å². The van der Waals surface area contributed by atoms with Crippen LogP contribution in [0.2, 0.25) is 0 Å². The highest BCUT2D eigenvalue weighted by atomic mass is 14.6. The summed E-state index contributed by atoms with van der Waals surface area (Å²) in [7, 11) is 0. The van der Waals surface area contributed by atoms with Crippen LogP contribution in [0, 0.1) is 6.92 Å². The molecule has 2 heteroatoms. The first-order chi connectivity index (χ1) is 6.68. The van der Waals surface area contributed by atoms with Gasteiger partial charge in [-0.3, -0.25) is 0 Å². The van der Waals surface area contributed by atoms with Crippen LogP contribution >= 0.6 is 0 Å². The minimum Gasteiger partial charge on any atom is -0.399 e. The zero-order valence-electron chi connectivity index (χ0n) is 8.72. The van der Waals surface area contributed by atoms with Crippen LogP contribution in [-0.4, -0.2) is 6.54 Å². The van der Waals surface area contributed by atoms with E-state index < -0.39 is 0 Å². The van der Waals surface area contributed by atoms with E-state index >= 15 is 0 Å². The summed E-state index contributed by atoms with van der Waals surface area (Å²) in [4.78, 5) is 0. The Morgan fingerprint density at radius 1 is 1.36 bits per heavy atom. The lowest BCUT2D eigenvalue weighted by molar-refractivity contribution is 0.253. The maximum atomic E-state index is 5.91. The Hall–Kier alpha value is -1.02. The molecule has 0 atom stereocenters. The van der Waals surface area contributed by atoms with Gasteiger partial charge in [0.05, 0.1) is 0 Å². The molecule has 76 valence electrons. The molecule has 0 aliphatic heterocycles. The second-order valence-electron chi connectivity index (χ2n) is 4.41. The summed E-state index contributed by atoms with van der Waals surface area (Å²) >= 11 is 0. The van der Waals surface area contributed by atoms with E-state index in [-0.39, 0.29) is 5.41 Å². The van der Waals surface area contributed by atoms with Crippen molar-refractivity contribution in [2.24, 2.45) is 5.73 Å². The predicted molar refractivity (Wildman–Crippen MR) is 60.2 cm³/mol. The molecule has 0 heterocycles. The highest BCUT2D eigenvalue weighted by Crippen LogP contribution is 2.43. The Balaban J connectivity index is 2.36. The van der Waals surface area contributed by atoms with Gasteiger partial charge in [0.1, 0.15) is 0 Å². The number of benzene rings is 1. The summed E-state index contributed by atoms with van der Waals surface area (Å²) in [6.45, 7) is 2.78. The van der Waals surface area contributed by atoms with Gasteiger partial charge in [-0.25, -0.2) is 0 Å². The normalized spacial score (nSPS) is 19.0. The monoisotopic (exact) mass is 190 g/mol. The van der Waals surface area contributed by atoms with Crippen molar-refractivity contribution < 1.29 is 0 Å². The molecule has 4 N–H and O–H groups in total. The lowest BCUT2D eigenvalue weighted by Gasteiger charge is -2.41. The van der Waals surface area contributed by atoms with Crippen LogP contribution in [0.4, 0.5) is 5.69 Å². The molecule has 1 fully saturated rings. The molecular weight excluding hydrogens is 172 g/mol. The fourth-order valence-corrected chi connectivity index (χ4v) is 2.18. The number of hydrogen-bond acceptors (Lipinski definition) is 2. The minimum absolute atomic E-state index is 0.238. The highest BCUT2D eigenvalue weighted by Gasteiger charge is 2.37. The van der Waals surface area contributed by atoms with Crippen molar-refractivity contribution >= 4 is 5.69 Å². The maximum Gasteiger partial charge on any atom is 0.0346 e. The van der Waals surface area contributed by atoms with Gasteiger partial charge in [0, 0.05) is 17.6 Å². The van der Waals surface area contributed by atoms with Crippen molar-refractivity contribution in [2.75, 3.05) is 12.3 Å². The van der Waals surface area contributed by atoms with E-state index in [1.54, 1.807) is 0 Å². The number of hydrogen-bond donors (Lipinski definition) is 2. The van der Waals surface area contributed by atoms with E-state index in [1.807, 2.05) is 6.92 Å². The number of nitrogens with two attached hydrogens (primary N) is 2. The lowest BCUT2D eigenvalue weighted by Crippen LogP contribution is -2.41. The molecule has 14 heavy (non-hydrogen) atoms. The predicted octanol–water partition coefficient (Wildman–Crippen LogP) is 1.96. The fraction of sp³-hybridized carbons (Fsp3) is 0.500. The summed E-state index contributed by atoms with van der Waals surface area (Å²) in [5, 5.41) is 0. The van der Waals surface area contributed by atoms with Crippen molar-refractivity contribution in [3.05, 3.63) is 29.3 Å². The molecule has 0 radical (unpaired) electrons. The smallest absolute Gasteiger partial charge is 0.0346 e. The van der Waals surface area contributed by atoms with Crippen molar-refractivity contribution in [1.29, 1.82) is 0 Å². The van der Waals surface area contributed by atoms with Gasteiger partial charge in [-0.05, 0) is 37.0 Å². The third kappa shape index (κ3) is 1.30. The van der Waals surface area contributed by atoms with Crippen LogP contribution in [0.15, 0.2) is 18.2 Å². The SMILES string of the molecule is Cc1ccc(C2(CN)CCC2)cc1N. The van der Waals surface area contributed by atoms with Gasteiger partial charge in [-0.2, -0.15) is 0 Å². The fourth-order valence-electron chi connectivity index (χ4n) is 2.18. The van der Waals surface area contributed by atoms with Crippen LogP contribution in [0.3, 0.4) is 0 Å². The van der Waals surface area contributed by atoms with Crippen LogP contribution in [-0.2, 0) is 5.41 Å². The molecule has 2 rings (SSSR count). The second-order valence-corrected chi connectivity index (χ2v) is 4.41. The molecule has 0 amide bonds. The Labute approximate surface area is 85.3 Å². The molecule has 1 aliphatic rings. The zero-order valence-corrected chi connectivity index (χ0v) is 8.72. The van der Waals surface area contributed by atoms with Gasteiger partial charge in [0.2, 0.25) is 0 Å². The standard InChI is InChI=1S/C12H18N2/c1-9-3-4-10(7-11(9)14)12(8-13)5-2-6-12/h3-4,7H,2,5-6,8,13-14H2,1H3. The molecule has 1 aliphatic carbocycles. The Bertz CT molecular complexity index is 335. The third-order valence-electron chi connectivity index (χ3n) is 3.59. The molecule has 0 spiro atoms. The molecule has 1 saturated carbocycles. The van der Waals surface area contributed by atoms with Gasteiger partial charge in [-0.15, -0.1) is 0 Å². The molecular formula is C12H18N2. The second kappa shape index (κ2) is 3.28. The Kier molecular flexibility index (Phi) is 2.23. The van der Waals surface area contributed by atoms with E-state index in [0.29, 0.717) is 0 Å². The first-order valence-corrected chi connectivity index (χ1v) is 5.25. The van der Waals surface area contributed by atoms with Gasteiger partial charge < -0.3 is 11.5 Å². The topological polar surface area (TPSA) is 52.0 Å². The van der Waals surface area contributed by atoms with Crippen LogP contribution in [0.5, 0.6) is 0 Å². The van der Waals surface area contributed by atoms with E-state index in [1.165, 1.54) is 24.8 Å². The van der Waals surface area contributed by atoms with Crippen molar-refractivity contribution in [2.45, 2.75) is 31.6 Å². The van der Waals surface area contributed by atoms with Crippen LogP contribution in [0.25, 0.3) is 0 Å². The van der Waals surface area contributed by atoms with Gasteiger partial charge in [-0.1, -0.05) is 18.6 Å². The Morgan fingerprint density at radius 2 is 2.07 bits per heavy atom. The number of rotatable bonds is 2. The molecule has 0 bridgehead atoms. The summed E-state index contributed by atoms with van der Waals surface area (Å²) in [6.07, 6.45) is 3.73. The van der Waals surface area contributed by atoms with Crippen molar-refractivity contribution in [1.82, 2.24) is 0 Å². The lowest BCUT2D eigenvalue weighted by atomic mass is 9.64. The zero-order chi connectivity index (χ0) is 10.2. The van der Waals surface area contributed by atoms with Gasteiger partial charge in [0.15, 0.2) is 0 Å². The van der Waals surface area contributed by atoms with E-state index in [4.69, 9.17) is 11.5 Å². The summed E-state index contributed by atoms with van der Waals surface area (Å²) in [5.41, 5.74) is 15.4. The number of nitrogen functional groups attached to an aromatic ring is 1. The molecule has 0 unspecified atom stereocenters. The first kappa shape index (κ1) is 9.53. The van der Waals surface area contributed by atoms with E-state index in [9.17, 15) is 0 Å². The summed E-state index contributed by atoms with van der Waals surface area (Å²) < 4.78 is 0. The average Bonchev–Trinajstić information content (AvgIpc) is 2.10. The highest BCUT2D eigenvalue weighted by molar-refractivity contribution is 5.50. The molecule has 2 nitrogen and oxygen atoms in total. The van der Waals surface area contributed by atoms with E-state index in [2.05, 4.69) is 18.2 Å². The minimum atomic E-state index is 0.238. The Morgan fingerprint density at radius 3 is 2.50 bits per heavy atom. The maximum absolute atomic E-state index is 5.91. The van der Waals surface area contributed by atoms with Crippen molar-refractivity contribution in [3.8, 4) is 0 Å². The summed E-state index contributed by atoms with van der Waals surface area (Å²) in [6, 6.07) is 6.37. The quantitative estimate of drug-likeness (QED) is 0.700. The molecule has 1 aromatic rings. The van der Waals surface area contributed by atoms with Crippen molar-refractivity contribution in [3.63, 3.8) is 0 Å². The molecule has 1 aromatic carbocycles. The van der Waals surface area contributed by atoms with Gasteiger partial charge in [0.25, 0.3) is 0 Å². The van der Waals surface area contributed by atoms with Crippen LogP contribution in [0.1, 0.15) is 30.4 Å². The number of anilines is 1. The number of aryl methyl sites for hydroxylation is 1.